The molecular formula is C21H29N3O5. The molecule has 0 aliphatic carbocycles. The van der Waals surface area contributed by atoms with Crippen LogP contribution in [-0.4, -0.2) is 56.4 Å². The summed E-state index contributed by atoms with van der Waals surface area (Å²) in [4.78, 5) is 32.4. The molecule has 2 rings (SSSR count). The third-order valence-electron chi connectivity index (χ3n) is 4.71. The monoisotopic (exact) mass is 403 g/mol. The molecule has 2 heterocycles. The van der Waals surface area contributed by atoms with Crippen molar-refractivity contribution in [1.29, 1.82) is 0 Å². The number of hydrogen-bond acceptors (Lipinski definition) is 7. The summed E-state index contributed by atoms with van der Waals surface area (Å²) in [5.41, 5.74) is 1.97. The lowest BCUT2D eigenvalue weighted by molar-refractivity contribution is -0.605. The van der Waals surface area contributed by atoms with Crippen molar-refractivity contribution < 1.29 is 23.8 Å². The van der Waals surface area contributed by atoms with Crippen LogP contribution in [-0.2, 0) is 19.1 Å². The minimum Gasteiger partial charge on any atom is -0.619 e. The zero-order valence-electron chi connectivity index (χ0n) is 17.7. The average Bonchev–Trinajstić information content (AvgIpc) is 2.65. The summed E-state index contributed by atoms with van der Waals surface area (Å²) in [5.74, 6) is -2.52. The molecule has 1 aliphatic heterocycles. The molecule has 1 aromatic heterocycles. The van der Waals surface area contributed by atoms with Gasteiger partial charge in [0, 0.05) is 36.2 Å². The van der Waals surface area contributed by atoms with Crippen LogP contribution in [0, 0.1) is 11.1 Å². The number of ether oxygens (including phenoxy) is 2. The Hall–Kier alpha value is -2.74. The molecule has 0 saturated heterocycles. The molecule has 29 heavy (non-hydrogen) atoms. The molecule has 0 radical (unpaired) electrons. The van der Waals surface area contributed by atoms with Crippen molar-refractivity contribution in [3.8, 4) is 0 Å². The standard InChI is InChI=1S/C21H29N3O5/c1-6-28-20(25)17-14(3)22-16(10-12-23(4)5)19(21(26)29-7-2)18(17)15-9-8-11-24(27)13-15/h8-9,11,13,17-18H,6-7,10,12H2,1-5H3. The van der Waals surface area contributed by atoms with Gasteiger partial charge in [-0.15, -0.1) is 0 Å². The highest BCUT2D eigenvalue weighted by atomic mass is 16.5. The van der Waals surface area contributed by atoms with Gasteiger partial charge in [0.15, 0.2) is 12.4 Å². The van der Waals surface area contributed by atoms with Gasteiger partial charge in [-0.3, -0.25) is 9.79 Å². The fourth-order valence-electron chi connectivity index (χ4n) is 3.46. The van der Waals surface area contributed by atoms with E-state index in [2.05, 4.69) is 4.99 Å². The van der Waals surface area contributed by atoms with Crippen molar-refractivity contribution >= 4 is 17.7 Å². The fraction of sp³-hybridized carbons (Fsp3) is 0.524. The Morgan fingerprint density at radius 3 is 2.52 bits per heavy atom. The van der Waals surface area contributed by atoms with Crippen LogP contribution < -0.4 is 4.73 Å². The Morgan fingerprint density at radius 2 is 1.93 bits per heavy atom. The summed E-state index contributed by atoms with van der Waals surface area (Å²) in [6.07, 6.45) is 3.24. The number of esters is 2. The topological polar surface area (TPSA) is 95.1 Å². The highest BCUT2D eigenvalue weighted by molar-refractivity contribution is 6.07. The van der Waals surface area contributed by atoms with E-state index in [-0.39, 0.29) is 13.2 Å². The lowest BCUT2D eigenvalue weighted by Crippen LogP contribution is -2.38. The van der Waals surface area contributed by atoms with E-state index in [9.17, 15) is 14.8 Å². The molecule has 8 nitrogen and oxygen atoms in total. The molecule has 158 valence electrons. The third-order valence-corrected chi connectivity index (χ3v) is 4.71. The maximum Gasteiger partial charge on any atom is 0.336 e. The van der Waals surface area contributed by atoms with E-state index in [1.165, 1.54) is 12.4 Å². The van der Waals surface area contributed by atoms with E-state index in [4.69, 9.17) is 9.47 Å². The maximum absolute atomic E-state index is 13.0. The Morgan fingerprint density at radius 1 is 1.24 bits per heavy atom. The van der Waals surface area contributed by atoms with Gasteiger partial charge in [0.05, 0.1) is 24.5 Å². The molecule has 0 saturated carbocycles. The number of nitrogens with zero attached hydrogens (tertiary/aromatic N) is 3. The smallest absolute Gasteiger partial charge is 0.336 e. The van der Waals surface area contributed by atoms with Crippen LogP contribution in [0.15, 0.2) is 40.8 Å². The van der Waals surface area contributed by atoms with Gasteiger partial charge in [0.1, 0.15) is 5.92 Å². The highest BCUT2D eigenvalue weighted by Crippen LogP contribution is 2.40. The second-order valence-electron chi connectivity index (χ2n) is 7.09. The van der Waals surface area contributed by atoms with E-state index >= 15 is 0 Å². The van der Waals surface area contributed by atoms with Crippen LogP contribution in [0.1, 0.15) is 38.7 Å². The number of carbonyl (C=O) groups is 2. The first-order valence-electron chi connectivity index (χ1n) is 9.75. The van der Waals surface area contributed by atoms with Crippen LogP contribution in [0.2, 0.25) is 0 Å². The molecule has 2 atom stereocenters. The van der Waals surface area contributed by atoms with Gasteiger partial charge in [-0.2, -0.15) is 4.73 Å². The van der Waals surface area contributed by atoms with Crippen LogP contribution in [0.4, 0.5) is 0 Å². The highest BCUT2D eigenvalue weighted by Gasteiger charge is 2.43. The molecule has 0 spiro atoms. The fourth-order valence-corrected chi connectivity index (χ4v) is 3.46. The Kier molecular flexibility index (Phi) is 7.90. The van der Waals surface area contributed by atoms with Crippen LogP contribution >= 0.6 is 0 Å². The molecule has 0 bridgehead atoms. The number of carbonyl (C=O) groups excluding carboxylic acids is 2. The Balaban J connectivity index is 2.67. The van der Waals surface area contributed by atoms with Crippen molar-refractivity contribution in [3.63, 3.8) is 0 Å². The van der Waals surface area contributed by atoms with E-state index in [0.717, 1.165) is 0 Å². The van der Waals surface area contributed by atoms with Gasteiger partial charge < -0.3 is 19.6 Å². The first kappa shape index (κ1) is 22.5. The van der Waals surface area contributed by atoms with E-state index in [1.807, 2.05) is 19.0 Å². The maximum atomic E-state index is 13.0. The summed E-state index contributed by atoms with van der Waals surface area (Å²) in [5, 5.41) is 11.9. The molecule has 0 N–H and O–H groups in total. The number of aliphatic imine (C=N–C) groups is 1. The third kappa shape index (κ3) is 5.41. The van der Waals surface area contributed by atoms with Crippen molar-refractivity contribution in [2.24, 2.45) is 10.9 Å². The van der Waals surface area contributed by atoms with Gasteiger partial charge in [0.2, 0.25) is 0 Å². The van der Waals surface area contributed by atoms with Gasteiger partial charge >= 0.3 is 11.9 Å². The zero-order chi connectivity index (χ0) is 21.6. The average molecular weight is 403 g/mol. The number of rotatable bonds is 8. The summed E-state index contributed by atoms with van der Waals surface area (Å²) < 4.78 is 11.2. The predicted octanol–water partition coefficient (Wildman–Crippen LogP) is 1.83. The van der Waals surface area contributed by atoms with Gasteiger partial charge in [-0.05, 0) is 40.9 Å². The Bertz CT molecular complexity index is 816. The molecule has 8 heteroatoms. The molecule has 1 aliphatic rings. The zero-order valence-corrected chi connectivity index (χ0v) is 17.7. The molecule has 0 aromatic carbocycles. The van der Waals surface area contributed by atoms with Crippen molar-refractivity contribution in [2.75, 3.05) is 33.9 Å². The van der Waals surface area contributed by atoms with Gasteiger partial charge in [0.25, 0.3) is 0 Å². The van der Waals surface area contributed by atoms with Gasteiger partial charge in [-0.25, -0.2) is 4.79 Å². The second kappa shape index (κ2) is 10.2. The molecule has 2 unspecified atom stereocenters. The predicted molar refractivity (Wildman–Crippen MR) is 108 cm³/mol. The second-order valence-corrected chi connectivity index (χ2v) is 7.09. The Labute approximate surface area is 171 Å². The van der Waals surface area contributed by atoms with Crippen molar-refractivity contribution in [1.82, 2.24) is 4.90 Å². The van der Waals surface area contributed by atoms with Crippen molar-refractivity contribution in [3.05, 3.63) is 46.6 Å². The first-order valence-corrected chi connectivity index (χ1v) is 9.75. The summed E-state index contributed by atoms with van der Waals surface area (Å²) >= 11 is 0. The van der Waals surface area contributed by atoms with Crippen molar-refractivity contribution in [2.45, 2.75) is 33.1 Å². The van der Waals surface area contributed by atoms with Gasteiger partial charge in [-0.1, -0.05) is 0 Å². The minimum absolute atomic E-state index is 0.194. The SMILES string of the molecule is CCOC(=O)C1=C(CCN(C)C)N=C(C)C(C(=O)OCC)C1c1ccc[n+]([O-])c1. The summed E-state index contributed by atoms with van der Waals surface area (Å²) in [6, 6.07) is 3.32. The number of aromatic nitrogens is 1. The molecule has 0 amide bonds. The lowest BCUT2D eigenvalue weighted by atomic mass is 9.75. The van der Waals surface area contributed by atoms with E-state index in [1.54, 1.807) is 32.9 Å². The van der Waals surface area contributed by atoms with E-state index in [0.29, 0.717) is 40.2 Å². The number of pyridine rings is 1. The molecule has 1 aromatic rings. The minimum atomic E-state index is -0.806. The lowest BCUT2D eigenvalue weighted by Gasteiger charge is -2.31. The quantitative estimate of drug-likeness (QED) is 0.373. The van der Waals surface area contributed by atoms with Crippen LogP contribution in [0.3, 0.4) is 0 Å². The normalized spacial score (nSPS) is 19.2. The van der Waals surface area contributed by atoms with E-state index < -0.39 is 23.8 Å². The molecular weight excluding hydrogens is 374 g/mol. The largest absolute Gasteiger partial charge is 0.619 e. The molecule has 0 fully saturated rings. The number of hydrogen-bond donors (Lipinski definition) is 0. The summed E-state index contributed by atoms with van der Waals surface area (Å²) in [7, 11) is 3.86. The van der Waals surface area contributed by atoms with Crippen LogP contribution in [0.25, 0.3) is 0 Å². The van der Waals surface area contributed by atoms with Crippen LogP contribution in [0.5, 0.6) is 0 Å². The first-order chi connectivity index (χ1) is 13.8. The summed E-state index contributed by atoms with van der Waals surface area (Å²) in [6.45, 7) is 6.27.